The number of nitrogens with zero attached hydrogens (tertiary/aromatic N) is 3. The molecule has 0 atom stereocenters. The van der Waals surface area contributed by atoms with Gasteiger partial charge in [0.25, 0.3) is 0 Å². The van der Waals surface area contributed by atoms with Crippen LogP contribution in [0.2, 0.25) is 0 Å². The molecule has 19 heavy (non-hydrogen) atoms. The number of pyridine rings is 1. The van der Waals surface area contributed by atoms with Crippen molar-refractivity contribution in [3.05, 3.63) is 55.3 Å². The Morgan fingerprint density at radius 1 is 1.16 bits per heavy atom. The summed E-state index contributed by atoms with van der Waals surface area (Å²) in [6.07, 6.45) is 1.69. The van der Waals surface area contributed by atoms with E-state index in [2.05, 4.69) is 11.7 Å². The molecule has 2 aromatic rings. The topological polar surface area (TPSA) is 56.7 Å². The summed E-state index contributed by atoms with van der Waals surface area (Å²) in [6, 6.07) is 13.1. The molecular weight excluding hydrogens is 242 g/mol. The number of para-hydroxylation sites is 2. The fourth-order valence-electron chi connectivity index (χ4n) is 2.03. The van der Waals surface area contributed by atoms with Crippen molar-refractivity contribution in [2.75, 3.05) is 16.3 Å². The summed E-state index contributed by atoms with van der Waals surface area (Å²) in [4.78, 5) is 18.5. The number of fused-ring (bicyclic) bond motifs is 1. The molecule has 3 rings (SSSR count). The fourth-order valence-corrected chi connectivity index (χ4v) is 2.03. The van der Waals surface area contributed by atoms with E-state index in [1.165, 1.54) is 0 Å². The number of hydrogen-bond acceptors (Lipinski definition) is 4. The van der Waals surface area contributed by atoms with Crippen LogP contribution in [0.1, 0.15) is 0 Å². The summed E-state index contributed by atoms with van der Waals surface area (Å²) in [5.74, 6) is -0.187. The van der Waals surface area contributed by atoms with Crippen LogP contribution >= 0.6 is 0 Å². The van der Waals surface area contributed by atoms with E-state index in [0.29, 0.717) is 5.82 Å². The zero-order valence-electron chi connectivity index (χ0n) is 10.0. The minimum atomic E-state index is -0.898. The van der Waals surface area contributed by atoms with Crippen molar-refractivity contribution in [3.8, 4) is 0 Å². The molecule has 0 fully saturated rings. The molecule has 1 aromatic heterocycles. The van der Waals surface area contributed by atoms with Gasteiger partial charge in [-0.05, 0) is 24.3 Å². The Hall–Kier alpha value is -2.56. The van der Waals surface area contributed by atoms with Crippen LogP contribution in [0.15, 0.2) is 48.7 Å². The Morgan fingerprint density at radius 2 is 1.89 bits per heavy atom. The van der Waals surface area contributed by atoms with Crippen LogP contribution in [0, 0.1) is 6.67 Å². The first-order valence-corrected chi connectivity index (χ1v) is 5.81. The van der Waals surface area contributed by atoms with Gasteiger partial charge in [0.05, 0.1) is 11.4 Å². The van der Waals surface area contributed by atoms with E-state index in [-0.39, 0.29) is 6.54 Å². The molecule has 1 aliphatic rings. The van der Waals surface area contributed by atoms with Crippen LogP contribution < -0.4 is 9.80 Å². The molecule has 5 heteroatoms. The average Bonchev–Trinajstić information content (AvgIpc) is 2.78. The average molecular weight is 253 g/mol. The van der Waals surface area contributed by atoms with Crippen molar-refractivity contribution in [1.82, 2.24) is 4.98 Å². The van der Waals surface area contributed by atoms with Gasteiger partial charge < -0.3 is 10.0 Å². The molecular formula is C14H11N3O2. The Bertz CT molecular complexity index is 601. The standard InChI is InChI=1S/C14H11N3O2/c18-14(19)9-16-10-17(13-7-3-4-8-15-13)12-6-2-1-5-11(12)16/h1-8H,9H2,(H,18,19). The lowest BCUT2D eigenvalue weighted by atomic mass is 10.2. The van der Waals surface area contributed by atoms with E-state index in [1.54, 1.807) is 16.0 Å². The van der Waals surface area contributed by atoms with Crippen molar-refractivity contribution in [2.45, 2.75) is 0 Å². The van der Waals surface area contributed by atoms with Crippen LogP contribution in [0.3, 0.4) is 0 Å². The molecule has 0 unspecified atom stereocenters. The molecule has 1 aromatic carbocycles. The van der Waals surface area contributed by atoms with E-state index in [0.717, 1.165) is 11.4 Å². The van der Waals surface area contributed by atoms with E-state index in [1.807, 2.05) is 42.5 Å². The van der Waals surface area contributed by atoms with Gasteiger partial charge >= 0.3 is 5.97 Å². The first kappa shape index (κ1) is 11.5. The minimum Gasteiger partial charge on any atom is -0.480 e. The van der Waals surface area contributed by atoms with E-state index in [4.69, 9.17) is 5.11 Å². The lowest BCUT2D eigenvalue weighted by Gasteiger charge is -2.16. The highest BCUT2D eigenvalue weighted by molar-refractivity contribution is 5.87. The second kappa shape index (κ2) is 4.61. The molecule has 0 amide bonds. The number of carboxylic acids is 1. The summed E-state index contributed by atoms with van der Waals surface area (Å²) in [5.41, 5.74) is 1.69. The first-order valence-electron chi connectivity index (χ1n) is 5.81. The van der Waals surface area contributed by atoms with Gasteiger partial charge in [-0.15, -0.1) is 0 Å². The fraction of sp³-hybridized carbons (Fsp3) is 0.0714. The Morgan fingerprint density at radius 3 is 2.58 bits per heavy atom. The number of aliphatic carboxylic acids is 1. The molecule has 0 saturated carbocycles. The molecule has 1 N–H and O–H groups in total. The highest BCUT2D eigenvalue weighted by atomic mass is 16.4. The minimum absolute atomic E-state index is 0.125. The molecule has 0 saturated heterocycles. The quantitative estimate of drug-likeness (QED) is 0.908. The van der Waals surface area contributed by atoms with Gasteiger partial charge in [0.15, 0.2) is 0 Å². The van der Waals surface area contributed by atoms with Crippen LogP contribution in [-0.4, -0.2) is 22.6 Å². The van der Waals surface area contributed by atoms with Crippen LogP contribution in [0.5, 0.6) is 0 Å². The van der Waals surface area contributed by atoms with Crippen molar-refractivity contribution in [1.29, 1.82) is 0 Å². The zero-order valence-corrected chi connectivity index (χ0v) is 10.0. The lowest BCUT2D eigenvalue weighted by molar-refractivity contribution is -0.135. The van der Waals surface area contributed by atoms with Crippen molar-refractivity contribution in [3.63, 3.8) is 0 Å². The molecule has 0 aliphatic carbocycles. The maximum Gasteiger partial charge on any atom is 0.323 e. The zero-order chi connectivity index (χ0) is 13.2. The number of carboxylic acid groups (broad SMARTS) is 1. The van der Waals surface area contributed by atoms with Crippen molar-refractivity contribution in [2.24, 2.45) is 0 Å². The number of anilines is 3. The largest absolute Gasteiger partial charge is 0.480 e. The molecule has 1 aliphatic heterocycles. The van der Waals surface area contributed by atoms with Gasteiger partial charge in [-0.1, -0.05) is 18.2 Å². The van der Waals surface area contributed by atoms with Gasteiger partial charge in [0.2, 0.25) is 6.67 Å². The van der Waals surface area contributed by atoms with Gasteiger partial charge in [-0.25, -0.2) is 4.98 Å². The third kappa shape index (κ3) is 2.10. The van der Waals surface area contributed by atoms with Gasteiger partial charge in [-0.2, -0.15) is 0 Å². The first-order chi connectivity index (χ1) is 9.25. The predicted molar refractivity (Wildman–Crippen MR) is 71.0 cm³/mol. The maximum absolute atomic E-state index is 10.9. The molecule has 0 spiro atoms. The third-order valence-electron chi connectivity index (χ3n) is 2.81. The molecule has 2 radical (unpaired) electrons. The lowest BCUT2D eigenvalue weighted by Crippen LogP contribution is -2.28. The van der Waals surface area contributed by atoms with E-state index in [9.17, 15) is 4.79 Å². The summed E-state index contributed by atoms with van der Waals surface area (Å²) in [6.45, 7) is 2.90. The smallest absolute Gasteiger partial charge is 0.323 e. The Balaban J connectivity index is 1.99. The summed E-state index contributed by atoms with van der Waals surface area (Å²) in [5, 5.41) is 8.94. The second-order valence-electron chi connectivity index (χ2n) is 4.09. The van der Waals surface area contributed by atoms with Crippen LogP contribution in [0.25, 0.3) is 0 Å². The van der Waals surface area contributed by atoms with Gasteiger partial charge in [0, 0.05) is 6.20 Å². The number of hydrogen-bond donors (Lipinski definition) is 1. The van der Waals surface area contributed by atoms with Crippen LogP contribution in [0.4, 0.5) is 17.2 Å². The number of aromatic nitrogens is 1. The normalized spacial score (nSPS) is 13.5. The molecule has 2 heterocycles. The monoisotopic (exact) mass is 253 g/mol. The number of rotatable bonds is 3. The Labute approximate surface area is 110 Å². The number of benzene rings is 1. The highest BCUT2D eigenvalue weighted by Gasteiger charge is 2.30. The molecule has 94 valence electrons. The highest BCUT2D eigenvalue weighted by Crippen LogP contribution is 2.41. The predicted octanol–water partition coefficient (Wildman–Crippen LogP) is 2.12. The third-order valence-corrected chi connectivity index (χ3v) is 2.81. The van der Waals surface area contributed by atoms with E-state index < -0.39 is 5.97 Å². The van der Waals surface area contributed by atoms with Crippen molar-refractivity contribution >= 4 is 23.2 Å². The van der Waals surface area contributed by atoms with Gasteiger partial charge in [-0.3, -0.25) is 9.69 Å². The summed E-state index contributed by atoms with van der Waals surface area (Å²) in [7, 11) is 0. The second-order valence-corrected chi connectivity index (χ2v) is 4.09. The SMILES string of the molecule is O=C(O)CN1[C]N(c2ccccn2)c2ccccc21. The molecule has 0 bridgehead atoms. The Kier molecular flexibility index (Phi) is 2.79. The summed E-state index contributed by atoms with van der Waals surface area (Å²) >= 11 is 0. The van der Waals surface area contributed by atoms with Crippen molar-refractivity contribution < 1.29 is 9.90 Å². The number of carbonyl (C=O) groups is 1. The van der Waals surface area contributed by atoms with E-state index >= 15 is 0 Å². The maximum atomic E-state index is 10.9. The van der Waals surface area contributed by atoms with Crippen LogP contribution in [-0.2, 0) is 4.79 Å². The molecule has 5 nitrogen and oxygen atoms in total. The summed E-state index contributed by atoms with van der Waals surface area (Å²) < 4.78 is 0. The van der Waals surface area contributed by atoms with Gasteiger partial charge in [0.1, 0.15) is 12.4 Å².